The fourth-order valence-electron chi connectivity index (χ4n) is 2.87. The van der Waals surface area contributed by atoms with Crippen molar-refractivity contribution in [2.75, 3.05) is 0 Å². The van der Waals surface area contributed by atoms with E-state index in [1.165, 1.54) is 0 Å². The molecule has 1 N–H and O–H groups in total. The second kappa shape index (κ2) is 8.36. The van der Waals surface area contributed by atoms with Crippen molar-refractivity contribution in [2.45, 2.75) is 58.2 Å². The Morgan fingerprint density at radius 3 is 2.27 bits per heavy atom. The van der Waals surface area contributed by atoms with E-state index in [1.807, 2.05) is 51.1 Å². The molecule has 0 bridgehead atoms. The van der Waals surface area contributed by atoms with Crippen LogP contribution in [0.15, 0.2) is 53.0 Å². The average Bonchev–Trinajstić information content (AvgIpc) is 2.58. The van der Waals surface area contributed by atoms with Gasteiger partial charge in [0.05, 0.1) is 5.56 Å². The molecule has 0 aliphatic heterocycles. The molecule has 0 spiro atoms. The molecule has 0 aliphatic carbocycles. The molecule has 0 aromatic heterocycles. The summed E-state index contributed by atoms with van der Waals surface area (Å²) < 4.78 is 6.38. The van der Waals surface area contributed by atoms with Gasteiger partial charge < -0.3 is 9.84 Å². The molecule has 1 unspecified atom stereocenters. The van der Waals surface area contributed by atoms with Crippen LogP contribution in [-0.4, -0.2) is 16.7 Å². The minimum absolute atomic E-state index is 0.383. The zero-order valence-corrected chi connectivity index (χ0v) is 17.5. The van der Waals surface area contributed by atoms with E-state index in [-0.39, 0.29) is 5.97 Å². The van der Waals surface area contributed by atoms with E-state index in [4.69, 9.17) is 4.74 Å². The Morgan fingerprint density at radius 1 is 1.08 bits per heavy atom. The van der Waals surface area contributed by atoms with Gasteiger partial charge in [-0.3, -0.25) is 0 Å². The Kier molecular flexibility index (Phi) is 6.64. The first-order chi connectivity index (χ1) is 12.2. The highest BCUT2D eigenvalue weighted by molar-refractivity contribution is 9.10. The summed E-state index contributed by atoms with van der Waals surface area (Å²) in [4.78, 5) is 12.4. The summed E-state index contributed by atoms with van der Waals surface area (Å²) in [6.45, 7) is 7.62. The van der Waals surface area contributed by atoms with Crippen LogP contribution in [0.3, 0.4) is 0 Å². The van der Waals surface area contributed by atoms with E-state index in [9.17, 15) is 9.90 Å². The summed E-state index contributed by atoms with van der Waals surface area (Å²) in [5, 5.41) is 11.6. The van der Waals surface area contributed by atoms with E-state index in [2.05, 4.69) is 22.9 Å². The third kappa shape index (κ3) is 5.18. The minimum Gasteiger partial charge on any atom is -0.456 e. The second-order valence-corrected chi connectivity index (χ2v) is 8.47. The monoisotopic (exact) mass is 418 g/mol. The molecule has 2 aromatic rings. The van der Waals surface area contributed by atoms with Gasteiger partial charge in [-0.2, -0.15) is 0 Å². The molecular formula is C22H27BrO3. The molecule has 2 rings (SSSR count). The van der Waals surface area contributed by atoms with Crippen LogP contribution in [-0.2, 0) is 10.3 Å². The van der Waals surface area contributed by atoms with Gasteiger partial charge in [0.2, 0.25) is 0 Å². The quantitative estimate of drug-likeness (QED) is 0.600. The molecule has 2 aromatic carbocycles. The molecule has 0 fully saturated rings. The molecule has 0 aliphatic rings. The third-order valence-corrected chi connectivity index (χ3v) is 4.66. The summed E-state index contributed by atoms with van der Waals surface area (Å²) in [6.07, 6.45) is 2.43. The Morgan fingerprint density at radius 2 is 1.69 bits per heavy atom. The first-order valence-corrected chi connectivity index (χ1v) is 9.77. The first kappa shape index (κ1) is 20.7. The number of hydrogen-bond acceptors (Lipinski definition) is 3. The highest BCUT2D eigenvalue weighted by atomic mass is 79.9. The highest BCUT2D eigenvalue weighted by Gasteiger charge is 2.32. The normalized spacial score (nSPS) is 13.9. The van der Waals surface area contributed by atoms with Crippen LogP contribution in [0.25, 0.3) is 0 Å². The maximum absolute atomic E-state index is 12.4. The van der Waals surface area contributed by atoms with Crippen molar-refractivity contribution in [1.82, 2.24) is 0 Å². The van der Waals surface area contributed by atoms with Crippen molar-refractivity contribution in [2.24, 2.45) is 0 Å². The number of ether oxygens (including phenoxy) is 1. The van der Waals surface area contributed by atoms with Crippen molar-refractivity contribution < 1.29 is 14.6 Å². The zero-order chi connectivity index (χ0) is 19.4. The van der Waals surface area contributed by atoms with Crippen molar-refractivity contribution >= 4 is 21.9 Å². The molecular weight excluding hydrogens is 392 g/mol. The molecule has 26 heavy (non-hydrogen) atoms. The lowest BCUT2D eigenvalue weighted by Gasteiger charge is -2.30. The summed E-state index contributed by atoms with van der Waals surface area (Å²) in [5.74, 6) is -0.383. The summed E-state index contributed by atoms with van der Waals surface area (Å²) in [7, 11) is 0. The van der Waals surface area contributed by atoms with Gasteiger partial charge in [0, 0.05) is 4.47 Å². The number of carbonyl (C=O) groups is 1. The lowest BCUT2D eigenvalue weighted by atomic mass is 9.81. The molecule has 0 radical (unpaired) electrons. The Bertz CT molecular complexity index is 764. The molecule has 140 valence electrons. The van der Waals surface area contributed by atoms with Crippen LogP contribution in [0.1, 0.15) is 68.4 Å². The van der Waals surface area contributed by atoms with Crippen molar-refractivity contribution in [1.29, 1.82) is 0 Å². The van der Waals surface area contributed by atoms with Crippen LogP contribution in [0.4, 0.5) is 0 Å². The predicted octanol–water partition coefficient (Wildman–Crippen LogP) is 5.83. The molecule has 0 amide bonds. The first-order valence-electron chi connectivity index (χ1n) is 8.98. The van der Waals surface area contributed by atoms with E-state index >= 15 is 0 Å². The fraction of sp³-hybridized carbons (Fsp3) is 0.409. The summed E-state index contributed by atoms with van der Waals surface area (Å²) in [5.41, 5.74) is 0.240. The smallest absolute Gasteiger partial charge is 0.338 e. The maximum atomic E-state index is 12.4. The third-order valence-electron chi connectivity index (χ3n) is 4.17. The zero-order valence-electron chi connectivity index (χ0n) is 15.9. The van der Waals surface area contributed by atoms with E-state index in [1.54, 1.807) is 18.2 Å². The van der Waals surface area contributed by atoms with Crippen LogP contribution in [0.2, 0.25) is 0 Å². The molecule has 4 heteroatoms. The van der Waals surface area contributed by atoms with E-state index in [0.29, 0.717) is 17.5 Å². The number of hydrogen-bond donors (Lipinski definition) is 1. The SMILES string of the molecule is CCCCC(O)(c1cccc(Br)c1)c1cccc(C(=O)OC(C)(C)C)c1. The standard InChI is InChI=1S/C22H27BrO3/c1-5-6-13-22(25,18-11-8-12-19(23)15-18)17-10-7-9-16(14-17)20(24)26-21(2,3)4/h7-12,14-15,25H,5-6,13H2,1-4H3. The average molecular weight is 419 g/mol. The summed E-state index contributed by atoms with van der Waals surface area (Å²) >= 11 is 3.48. The predicted molar refractivity (Wildman–Crippen MR) is 108 cm³/mol. The topological polar surface area (TPSA) is 46.5 Å². The Balaban J connectivity index is 2.46. The van der Waals surface area contributed by atoms with Gasteiger partial charge in [-0.25, -0.2) is 4.79 Å². The fourth-order valence-corrected chi connectivity index (χ4v) is 3.27. The molecule has 0 heterocycles. The number of aliphatic hydroxyl groups is 1. The largest absolute Gasteiger partial charge is 0.456 e. The second-order valence-electron chi connectivity index (χ2n) is 7.56. The molecule has 0 saturated heterocycles. The van der Waals surface area contributed by atoms with Gasteiger partial charge in [0.1, 0.15) is 11.2 Å². The van der Waals surface area contributed by atoms with E-state index in [0.717, 1.165) is 22.9 Å². The van der Waals surface area contributed by atoms with Crippen LogP contribution < -0.4 is 0 Å². The number of esters is 1. The van der Waals surface area contributed by atoms with Crippen LogP contribution >= 0.6 is 15.9 Å². The van der Waals surface area contributed by atoms with Gasteiger partial charge in [-0.15, -0.1) is 0 Å². The number of carbonyl (C=O) groups excluding carboxylic acids is 1. The van der Waals surface area contributed by atoms with Gasteiger partial charge in [-0.1, -0.05) is 60.0 Å². The van der Waals surface area contributed by atoms with Crippen molar-refractivity contribution in [3.63, 3.8) is 0 Å². The molecule has 3 nitrogen and oxygen atoms in total. The summed E-state index contributed by atoms with van der Waals surface area (Å²) in [6, 6.07) is 14.8. The Labute approximate surface area is 164 Å². The highest BCUT2D eigenvalue weighted by Crippen LogP contribution is 2.36. The van der Waals surface area contributed by atoms with Gasteiger partial charge in [0.25, 0.3) is 0 Å². The van der Waals surface area contributed by atoms with Crippen molar-refractivity contribution in [3.05, 3.63) is 69.7 Å². The van der Waals surface area contributed by atoms with Gasteiger partial charge in [0.15, 0.2) is 0 Å². The molecule has 0 saturated carbocycles. The Hall–Kier alpha value is -1.65. The van der Waals surface area contributed by atoms with E-state index < -0.39 is 11.2 Å². The number of benzene rings is 2. The number of rotatable bonds is 6. The van der Waals surface area contributed by atoms with Crippen LogP contribution in [0.5, 0.6) is 0 Å². The number of unbranched alkanes of at least 4 members (excludes halogenated alkanes) is 1. The molecule has 1 atom stereocenters. The van der Waals surface area contributed by atoms with Gasteiger partial charge >= 0.3 is 5.97 Å². The van der Waals surface area contributed by atoms with Gasteiger partial charge in [-0.05, 0) is 62.6 Å². The minimum atomic E-state index is -1.15. The van der Waals surface area contributed by atoms with Crippen molar-refractivity contribution in [3.8, 4) is 0 Å². The lowest BCUT2D eigenvalue weighted by Crippen LogP contribution is -2.28. The van der Waals surface area contributed by atoms with Crippen LogP contribution in [0, 0.1) is 0 Å². The lowest BCUT2D eigenvalue weighted by molar-refractivity contribution is 0.00688. The maximum Gasteiger partial charge on any atom is 0.338 e. The number of halogens is 1.